The van der Waals surface area contributed by atoms with E-state index >= 15 is 0 Å². The van der Waals surface area contributed by atoms with Gasteiger partial charge in [0.25, 0.3) is 17.9 Å². The van der Waals surface area contributed by atoms with Crippen molar-refractivity contribution in [1.29, 1.82) is 0 Å². The largest absolute Gasteiger partial charge is 0.461 e. The van der Waals surface area contributed by atoms with E-state index in [4.69, 9.17) is 10.5 Å². The molecule has 0 bridgehead atoms. The highest BCUT2D eigenvalue weighted by Gasteiger charge is 2.60. The summed E-state index contributed by atoms with van der Waals surface area (Å²) in [4.78, 5) is 19.4. The Morgan fingerprint density at radius 1 is 1.17 bits per heavy atom. The fourth-order valence-electron chi connectivity index (χ4n) is 4.38. The van der Waals surface area contributed by atoms with Crippen molar-refractivity contribution in [2.45, 2.75) is 36.6 Å². The number of nitrogens with two attached hydrogens (primary N) is 1. The molecule has 2 aromatic rings. The number of aromatic nitrogens is 1. The number of hydrogen-bond acceptors (Lipinski definition) is 5. The predicted octanol–water partition coefficient (Wildman–Crippen LogP) is 4.55. The first kappa shape index (κ1) is 24.7. The highest BCUT2D eigenvalue weighted by Crippen LogP contribution is 2.53. The second-order valence-corrected chi connectivity index (χ2v) is 8.24. The van der Waals surface area contributed by atoms with E-state index in [0.29, 0.717) is 0 Å². The Bertz CT molecular complexity index is 1200. The Kier molecular flexibility index (Phi) is 5.88. The van der Waals surface area contributed by atoms with Crippen LogP contribution in [0.2, 0.25) is 0 Å². The number of aliphatic imine (C=N–C) groups is 1. The fraction of sp³-hybridized carbons (Fsp3) is 0.381. The van der Waals surface area contributed by atoms with Crippen LogP contribution in [0.25, 0.3) is 0 Å². The molecule has 0 saturated heterocycles. The van der Waals surface area contributed by atoms with Gasteiger partial charge < -0.3 is 15.8 Å². The minimum Gasteiger partial charge on any atom is -0.461 e. The molecule has 1 aromatic heterocycles. The standard InChI is InChI=1S/C21H16F8N4O2/c22-8-20(12-5-19(25,26)6-15(12)35-18(30)33-20)11-4-10(1-2-13(11)23)32-17(34)16-14(24)3-9(7-31-16)21(27,28)29/h1-4,7,12,15H,5-6,8H2,(H2,30,33)(H,32,34). The summed E-state index contributed by atoms with van der Waals surface area (Å²) in [5.41, 5.74) is 0.192. The summed E-state index contributed by atoms with van der Waals surface area (Å²) in [5, 5.41) is 2.12. The molecule has 1 fully saturated rings. The molecule has 6 nitrogen and oxygen atoms in total. The van der Waals surface area contributed by atoms with Crippen molar-refractivity contribution in [1.82, 2.24) is 4.98 Å². The van der Waals surface area contributed by atoms with Gasteiger partial charge in [0.2, 0.25) is 0 Å². The molecule has 3 atom stereocenters. The van der Waals surface area contributed by atoms with Crippen molar-refractivity contribution < 1.29 is 44.7 Å². The molecule has 1 aliphatic carbocycles. The van der Waals surface area contributed by atoms with E-state index in [1.54, 1.807) is 0 Å². The second kappa shape index (κ2) is 8.34. The number of amides is 1. The summed E-state index contributed by atoms with van der Waals surface area (Å²) in [7, 11) is 0. The lowest BCUT2D eigenvalue weighted by Gasteiger charge is -2.40. The zero-order valence-electron chi connectivity index (χ0n) is 17.5. The molecule has 14 heteroatoms. The normalized spacial score (nSPS) is 25.4. The van der Waals surface area contributed by atoms with Crippen LogP contribution >= 0.6 is 0 Å². The first-order valence-electron chi connectivity index (χ1n) is 10.1. The molecule has 0 spiro atoms. The van der Waals surface area contributed by atoms with Gasteiger partial charge in [-0.05, 0) is 24.3 Å². The van der Waals surface area contributed by atoms with E-state index in [9.17, 15) is 39.9 Å². The zero-order chi connectivity index (χ0) is 25.8. The molecule has 3 unspecified atom stereocenters. The molecular weight excluding hydrogens is 492 g/mol. The number of carbonyl (C=O) groups is 1. The lowest BCUT2D eigenvalue weighted by atomic mass is 9.76. The van der Waals surface area contributed by atoms with Crippen LogP contribution in [0.5, 0.6) is 0 Å². The average molecular weight is 508 g/mol. The third kappa shape index (κ3) is 4.48. The lowest BCUT2D eigenvalue weighted by molar-refractivity contribution is -0.138. The summed E-state index contributed by atoms with van der Waals surface area (Å²) in [6.45, 7) is -1.43. The molecule has 3 N–H and O–H groups in total. The van der Waals surface area contributed by atoms with Crippen molar-refractivity contribution in [2.24, 2.45) is 16.6 Å². The van der Waals surface area contributed by atoms with Crippen LogP contribution in [0.3, 0.4) is 0 Å². The smallest absolute Gasteiger partial charge is 0.417 e. The number of pyridine rings is 1. The van der Waals surface area contributed by atoms with Gasteiger partial charge in [0, 0.05) is 36.2 Å². The minimum absolute atomic E-state index is 0.0794. The highest BCUT2D eigenvalue weighted by atomic mass is 19.4. The Morgan fingerprint density at radius 3 is 2.51 bits per heavy atom. The van der Waals surface area contributed by atoms with Crippen LogP contribution in [0.1, 0.15) is 34.5 Å². The first-order valence-corrected chi connectivity index (χ1v) is 10.1. The van der Waals surface area contributed by atoms with Gasteiger partial charge in [0.1, 0.15) is 24.1 Å². The highest BCUT2D eigenvalue weighted by molar-refractivity contribution is 6.03. The van der Waals surface area contributed by atoms with Gasteiger partial charge in [0.05, 0.1) is 5.56 Å². The van der Waals surface area contributed by atoms with Crippen LogP contribution in [-0.4, -0.2) is 35.6 Å². The molecular formula is C21H16F8N4O2. The molecule has 1 amide bonds. The Balaban J connectivity index is 1.69. The van der Waals surface area contributed by atoms with Crippen molar-refractivity contribution in [2.75, 3.05) is 12.0 Å². The van der Waals surface area contributed by atoms with Crippen molar-refractivity contribution in [3.05, 3.63) is 58.9 Å². The van der Waals surface area contributed by atoms with Gasteiger partial charge in [-0.15, -0.1) is 0 Å². The maximum absolute atomic E-state index is 14.8. The van der Waals surface area contributed by atoms with Crippen LogP contribution in [0, 0.1) is 17.6 Å². The average Bonchev–Trinajstić information content (AvgIpc) is 3.07. The first-order chi connectivity index (χ1) is 16.3. The number of rotatable bonds is 4. The molecule has 4 rings (SSSR count). The summed E-state index contributed by atoms with van der Waals surface area (Å²) in [6, 6.07) is 2.16. The summed E-state index contributed by atoms with van der Waals surface area (Å²) < 4.78 is 115. The Morgan fingerprint density at radius 2 is 1.89 bits per heavy atom. The van der Waals surface area contributed by atoms with E-state index in [1.165, 1.54) is 0 Å². The number of nitrogens with zero attached hydrogens (tertiary/aromatic N) is 2. The van der Waals surface area contributed by atoms with Crippen LogP contribution in [0.15, 0.2) is 35.5 Å². The molecule has 2 aliphatic rings. The molecule has 1 aliphatic heterocycles. The van der Waals surface area contributed by atoms with Gasteiger partial charge in [-0.2, -0.15) is 13.2 Å². The van der Waals surface area contributed by atoms with Crippen LogP contribution in [0.4, 0.5) is 40.8 Å². The van der Waals surface area contributed by atoms with Gasteiger partial charge in [0.15, 0.2) is 11.5 Å². The molecule has 188 valence electrons. The van der Waals surface area contributed by atoms with E-state index in [1.807, 2.05) is 0 Å². The molecule has 1 saturated carbocycles. The van der Waals surface area contributed by atoms with E-state index in [-0.39, 0.29) is 18.0 Å². The number of amidine groups is 1. The van der Waals surface area contributed by atoms with Gasteiger partial charge in [-0.1, -0.05) is 0 Å². The summed E-state index contributed by atoms with van der Waals surface area (Å²) in [5.74, 6) is -8.46. The maximum atomic E-state index is 14.8. The molecule has 35 heavy (non-hydrogen) atoms. The third-order valence-electron chi connectivity index (χ3n) is 5.94. The number of fused-ring (bicyclic) bond motifs is 1. The van der Waals surface area contributed by atoms with Crippen LogP contribution in [-0.2, 0) is 16.5 Å². The monoisotopic (exact) mass is 508 g/mol. The number of hydrogen-bond donors (Lipinski definition) is 2. The fourth-order valence-corrected chi connectivity index (χ4v) is 4.38. The predicted molar refractivity (Wildman–Crippen MR) is 105 cm³/mol. The van der Waals surface area contributed by atoms with Crippen LogP contribution < -0.4 is 11.1 Å². The van der Waals surface area contributed by atoms with Crippen molar-refractivity contribution >= 4 is 17.6 Å². The third-order valence-corrected chi connectivity index (χ3v) is 5.94. The zero-order valence-corrected chi connectivity index (χ0v) is 17.5. The molecule has 0 radical (unpaired) electrons. The molecule has 2 heterocycles. The second-order valence-electron chi connectivity index (χ2n) is 8.24. The Hall–Kier alpha value is -3.45. The summed E-state index contributed by atoms with van der Waals surface area (Å²) in [6.07, 6.45) is -7.54. The van der Waals surface area contributed by atoms with Crippen molar-refractivity contribution in [3.63, 3.8) is 0 Å². The number of carbonyl (C=O) groups excluding carboxylic acids is 1. The molecule has 1 aromatic carbocycles. The number of alkyl halides is 6. The maximum Gasteiger partial charge on any atom is 0.417 e. The topological polar surface area (TPSA) is 89.6 Å². The van der Waals surface area contributed by atoms with Gasteiger partial charge >= 0.3 is 6.18 Å². The number of halogens is 8. The quantitative estimate of drug-likeness (QED) is 0.593. The van der Waals surface area contributed by atoms with Crippen molar-refractivity contribution in [3.8, 4) is 0 Å². The Labute approximate surface area is 192 Å². The SMILES string of the molecule is NC1=NC(CF)(c2cc(NC(=O)c3ncc(C(F)(F)F)cc3F)ccc2F)C2CC(F)(F)CC2O1. The summed E-state index contributed by atoms with van der Waals surface area (Å²) >= 11 is 0. The van der Waals surface area contributed by atoms with E-state index in [2.05, 4.69) is 15.3 Å². The lowest BCUT2D eigenvalue weighted by Crippen LogP contribution is -2.48. The van der Waals surface area contributed by atoms with E-state index in [0.717, 1.165) is 18.2 Å². The van der Waals surface area contributed by atoms with Gasteiger partial charge in [-0.3, -0.25) is 4.79 Å². The van der Waals surface area contributed by atoms with Gasteiger partial charge in [-0.25, -0.2) is 31.9 Å². The number of benzene rings is 1. The number of nitrogens with one attached hydrogen (secondary N) is 1. The van der Waals surface area contributed by atoms with E-state index < -0.39 is 89.6 Å². The number of anilines is 1. The number of ether oxygens (including phenoxy) is 1. The minimum atomic E-state index is -4.89.